The summed E-state index contributed by atoms with van der Waals surface area (Å²) in [7, 11) is 0. The molecular formula is C20H20ClN3OS. The molecule has 0 saturated carbocycles. The van der Waals surface area contributed by atoms with Crippen molar-refractivity contribution in [1.82, 2.24) is 10.2 Å². The molecule has 1 N–H and O–H groups in total. The molecule has 0 spiro atoms. The van der Waals surface area contributed by atoms with Gasteiger partial charge in [-0.3, -0.25) is 10.1 Å². The van der Waals surface area contributed by atoms with Gasteiger partial charge in [-0.2, -0.15) is 0 Å². The average Bonchev–Trinajstić information content (AvgIpc) is 3.04. The molecule has 26 heavy (non-hydrogen) atoms. The number of amides is 1. The SMILES string of the molecule is CC(C)[C@H](C(=O)Nc1nnc(Cc2ccccc2)s1)c1ccc(Cl)cc1. The lowest BCUT2D eigenvalue weighted by Crippen LogP contribution is -2.25. The Balaban J connectivity index is 1.71. The quantitative estimate of drug-likeness (QED) is 0.637. The lowest BCUT2D eigenvalue weighted by Gasteiger charge is -2.20. The van der Waals surface area contributed by atoms with Crippen LogP contribution in [-0.2, 0) is 11.2 Å². The van der Waals surface area contributed by atoms with E-state index in [1.54, 1.807) is 0 Å². The first kappa shape index (κ1) is 18.5. The van der Waals surface area contributed by atoms with Crippen molar-refractivity contribution >= 4 is 34.0 Å². The second-order valence-corrected chi connectivity index (χ2v) is 7.92. The van der Waals surface area contributed by atoms with Gasteiger partial charge in [0.2, 0.25) is 11.0 Å². The highest BCUT2D eigenvalue weighted by Crippen LogP contribution is 2.28. The maximum atomic E-state index is 12.8. The van der Waals surface area contributed by atoms with Gasteiger partial charge in [0, 0.05) is 11.4 Å². The standard InChI is InChI=1S/C20H20ClN3OS/c1-13(2)18(15-8-10-16(21)11-9-15)19(25)22-20-24-23-17(26-20)12-14-6-4-3-5-7-14/h3-11,13,18H,12H2,1-2H3,(H,22,24,25)/t18-/m0/s1. The monoisotopic (exact) mass is 385 g/mol. The topological polar surface area (TPSA) is 54.9 Å². The van der Waals surface area contributed by atoms with Crippen molar-refractivity contribution in [3.8, 4) is 0 Å². The average molecular weight is 386 g/mol. The highest BCUT2D eigenvalue weighted by molar-refractivity contribution is 7.15. The third kappa shape index (κ3) is 4.68. The van der Waals surface area contributed by atoms with Gasteiger partial charge in [-0.25, -0.2) is 0 Å². The van der Waals surface area contributed by atoms with Crippen LogP contribution in [0.5, 0.6) is 0 Å². The number of carbonyl (C=O) groups is 1. The van der Waals surface area contributed by atoms with E-state index in [4.69, 9.17) is 11.6 Å². The number of rotatable bonds is 6. The molecule has 1 aromatic heterocycles. The van der Waals surface area contributed by atoms with Crippen LogP contribution in [0.3, 0.4) is 0 Å². The Morgan fingerprint density at radius 1 is 1.08 bits per heavy atom. The van der Waals surface area contributed by atoms with E-state index in [-0.39, 0.29) is 17.7 Å². The first-order valence-corrected chi connectivity index (χ1v) is 9.65. The van der Waals surface area contributed by atoms with Crippen LogP contribution in [-0.4, -0.2) is 16.1 Å². The van der Waals surface area contributed by atoms with E-state index in [0.29, 0.717) is 16.6 Å². The van der Waals surface area contributed by atoms with Crippen molar-refractivity contribution < 1.29 is 4.79 Å². The summed E-state index contributed by atoms with van der Waals surface area (Å²) in [4.78, 5) is 12.8. The molecule has 4 nitrogen and oxygen atoms in total. The lowest BCUT2D eigenvalue weighted by molar-refractivity contribution is -0.118. The van der Waals surface area contributed by atoms with Gasteiger partial charge < -0.3 is 0 Å². The Bertz CT molecular complexity index is 862. The molecule has 0 radical (unpaired) electrons. The van der Waals surface area contributed by atoms with E-state index in [9.17, 15) is 4.79 Å². The molecule has 0 saturated heterocycles. The maximum absolute atomic E-state index is 12.8. The maximum Gasteiger partial charge on any atom is 0.234 e. The third-order valence-electron chi connectivity index (χ3n) is 4.07. The predicted molar refractivity (Wildman–Crippen MR) is 107 cm³/mol. The molecule has 3 aromatic rings. The molecule has 1 amide bonds. The van der Waals surface area contributed by atoms with Crippen LogP contribution >= 0.6 is 22.9 Å². The van der Waals surface area contributed by atoms with Crippen LogP contribution in [0.25, 0.3) is 0 Å². The molecule has 0 bridgehead atoms. The molecule has 0 aliphatic heterocycles. The van der Waals surface area contributed by atoms with Crippen LogP contribution < -0.4 is 5.32 Å². The second kappa shape index (κ2) is 8.43. The number of halogens is 1. The Kier molecular flexibility index (Phi) is 6.01. The Hall–Kier alpha value is -2.24. The number of anilines is 1. The van der Waals surface area contributed by atoms with Gasteiger partial charge in [0.15, 0.2) is 0 Å². The number of carbonyl (C=O) groups excluding carboxylic acids is 1. The predicted octanol–water partition coefficient (Wildman–Crippen LogP) is 5.16. The minimum Gasteiger partial charge on any atom is -0.300 e. The molecule has 2 aromatic carbocycles. The van der Waals surface area contributed by atoms with Gasteiger partial charge in [-0.05, 0) is 29.2 Å². The Morgan fingerprint density at radius 2 is 1.77 bits per heavy atom. The Labute approximate surface area is 162 Å². The van der Waals surface area contributed by atoms with E-state index in [0.717, 1.165) is 10.6 Å². The zero-order chi connectivity index (χ0) is 18.5. The second-order valence-electron chi connectivity index (χ2n) is 6.43. The molecule has 1 atom stereocenters. The van der Waals surface area contributed by atoms with Crippen molar-refractivity contribution in [1.29, 1.82) is 0 Å². The lowest BCUT2D eigenvalue weighted by atomic mass is 9.88. The number of hydrogen-bond donors (Lipinski definition) is 1. The summed E-state index contributed by atoms with van der Waals surface area (Å²) < 4.78 is 0. The molecule has 3 rings (SSSR count). The summed E-state index contributed by atoms with van der Waals surface area (Å²) in [5, 5.41) is 13.3. The fourth-order valence-corrected chi connectivity index (χ4v) is 3.74. The molecular weight excluding hydrogens is 366 g/mol. The number of nitrogens with one attached hydrogen (secondary N) is 1. The summed E-state index contributed by atoms with van der Waals surface area (Å²) in [6.07, 6.45) is 0.708. The molecule has 6 heteroatoms. The smallest absolute Gasteiger partial charge is 0.234 e. The number of benzene rings is 2. The zero-order valence-electron chi connectivity index (χ0n) is 14.6. The third-order valence-corrected chi connectivity index (χ3v) is 5.16. The van der Waals surface area contributed by atoms with E-state index in [2.05, 4.69) is 27.6 Å². The van der Waals surface area contributed by atoms with Gasteiger partial charge in [-0.15, -0.1) is 10.2 Å². The van der Waals surface area contributed by atoms with E-state index >= 15 is 0 Å². The van der Waals surface area contributed by atoms with Gasteiger partial charge in [0.05, 0.1) is 5.92 Å². The van der Waals surface area contributed by atoms with Crippen LogP contribution in [0.1, 0.15) is 35.9 Å². The fraction of sp³-hybridized carbons (Fsp3) is 0.250. The summed E-state index contributed by atoms with van der Waals surface area (Å²) >= 11 is 7.36. The van der Waals surface area contributed by atoms with E-state index in [1.807, 2.05) is 56.3 Å². The summed E-state index contributed by atoms with van der Waals surface area (Å²) in [6, 6.07) is 17.5. The van der Waals surface area contributed by atoms with Crippen LogP contribution in [0.2, 0.25) is 5.02 Å². The first-order chi connectivity index (χ1) is 12.5. The molecule has 1 heterocycles. The van der Waals surface area contributed by atoms with Gasteiger partial charge >= 0.3 is 0 Å². The number of nitrogens with zero attached hydrogens (tertiary/aromatic N) is 2. The summed E-state index contributed by atoms with van der Waals surface area (Å²) in [5.74, 6) is -0.202. The minimum atomic E-state index is -0.270. The first-order valence-electron chi connectivity index (χ1n) is 8.45. The minimum absolute atomic E-state index is 0.0790. The number of aromatic nitrogens is 2. The van der Waals surface area contributed by atoms with Gasteiger partial charge in [-0.1, -0.05) is 79.2 Å². The van der Waals surface area contributed by atoms with Crippen molar-refractivity contribution in [2.24, 2.45) is 5.92 Å². The van der Waals surface area contributed by atoms with Gasteiger partial charge in [0.25, 0.3) is 0 Å². The summed E-state index contributed by atoms with van der Waals surface area (Å²) in [6.45, 7) is 4.06. The fourth-order valence-electron chi connectivity index (χ4n) is 2.84. The molecule has 0 aliphatic carbocycles. The molecule has 0 unspecified atom stereocenters. The normalized spacial score (nSPS) is 12.2. The van der Waals surface area contributed by atoms with E-state index < -0.39 is 0 Å². The van der Waals surface area contributed by atoms with Crippen molar-refractivity contribution in [3.05, 3.63) is 75.8 Å². The molecule has 0 fully saturated rings. The largest absolute Gasteiger partial charge is 0.300 e. The number of hydrogen-bond acceptors (Lipinski definition) is 4. The van der Waals surface area contributed by atoms with Crippen LogP contribution in [0.4, 0.5) is 5.13 Å². The molecule has 0 aliphatic rings. The highest BCUT2D eigenvalue weighted by atomic mass is 35.5. The Morgan fingerprint density at radius 3 is 2.42 bits per heavy atom. The van der Waals surface area contributed by atoms with E-state index in [1.165, 1.54) is 16.9 Å². The van der Waals surface area contributed by atoms with Crippen LogP contribution in [0, 0.1) is 5.92 Å². The highest BCUT2D eigenvalue weighted by Gasteiger charge is 2.25. The molecule has 134 valence electrons. The summed E-state index contributed by atoms with van der Waals surface area (Å²) in [5.41, 5.74) is 2.11. The zero-order valence-corrected chi connectivity index (χ0v) is 16.2. The van der Waals surface area contributed by atoms with Crippen molar-refractivity contribution in [2.45, 2.75) is 26.2 Å². The van der Waals surface area contributed by atoms with Crippen LogP contribution in [0.15, 0.2) is 54.6 Å². The van der Waals surface area contributed by atoms with Crippen molar-refractivity contribution in [3.63, 3.8) is 0 Å². The van der Waals surface area contributed by atoms with Gasteiger partial charge in [0.1, 0.15) is 5.01 Å². The van der Waals surface area contributed by atoms with Crippen molar-refractivity contribution in [2.75, 3.05) is 5.32 Å².